The molecule has 1 aliphatic heterocycles. The molecular formula is C13H15ClN2S. The zero-order chi connectivity index (χ0) is 12.0. The van der Waals surface area contributed by atoms with Crippen molar-refractivity contribution in [2.75, 3.05) is 7.05 Å². The second kappa shape index (κ2) is 4.25. The summed E-state index contributed by atoms with van der Waals surface area (Å²) in [6.45, 7) is 1.52. The molecule has 2 heterocycles. The fourth-order valence-electron chi connectivity index (χ4n) is 2.53. The van der Waals surface area contributed by atoms with Crippen molar-refractivity contribution in [3.8, 4) is 0 Å². The summed E-state index contributed by atoms with van der Waals surface area (Å²) in [5, 5.41) is 1.40. The average molecular weight is 267 g/mol. The molecule has 2 nitrogen and oxygen atoms in total. The van der Waals surface area contributed by atoms with Gasteiger partial charge in [0.2, 0.25) is 0 Å². The molecule has 0 aliphatic carbocycles. The predicted molar refractivity (Wildman–Crippen MR) is 74.5 cm³/mol. The van der Waals surface area contributed by atoms with Crippen LogP contribution in [0.5, 0.6) is 0 Å². The molecule has 1 aromatic heterocycles. The maximum atomic E-state index is 6.40. The lowest BCUT2D eigenvalue weighted by atomic mass is 10.0. The van der Waals surface area contributed by atoms with Crippen molar-refractivity contribution < 1.29 is 0 Å². The van der Waals surface area contributed by atoms with Crippen LogP contribution in [0.25, 0.3) is 10.1 Å². The monoisotopic (exact) mass is 266 g/mol. The number of benzene rings is 1. The van der Waals surface area contributed by atoms with Gasteiger partial charge in [0.15, 0.2) is 0 Å². The topological polar surface area (TPSA) is 29.3 Å². The van der Waals surface area contributed by atoms with Crippen molar-refractivity contribution in [2.45, 2.75) is 25.0 Å². The average Bonchev–Trinajstić information content (AvgIpc) is 2.61. The van der Waals surface area contributed by atoms with Gasteiger partial charge in [0.25, 0.3) is 0 Å². The number of nitrogens with zero attached hydrogens (tertiary/aromatic N) is 1. The molecule has 4 heteroatoms. The number of hydrogen-bond donors (Lipinski definition) is 1. The Morgan fingerprint density at radius 2 is 2.35 bits per heavy atom. The van der Waals surface area contributed by atoms with E-state index in [1.54, 1.807) is 0 Å². The van der Waals surface area contributed by atoms with Gasteiger partial charge in [-0.15, -0.1) is 22.9 Å². The summed E-state index contributed by atoms with van der Waals surface area (Å²) < 4.78 is 1.34. The van der Waals surface area contributed by atoms with Gasteiger partial charge < -0.3 is 5.73 Å². The second-order valence-corrected chi connectivity index (χ2v) is 6.19. The Balaban J connectivity index is 2.29. The smallest absolute Gasteiger partial charge is 0.0891 e. The maximum Gasteiger partial charge on any atom is 0.0891 e. The van der Waals surface area contributed by atoms with Gasteiger partial charge >= 0.3 is 0 Å². The van der Waals surface area contributed by atoms with E-state index in [2.05, 4.69) is 30.1 Å². The lowest BCUT2D eigenvalue weighted by molar-refractivity contribution is 0.303. The third kappa shape index (κ3) is 1.78. The van der Waals surface area contributed by atoms with E-state index in [1.807, 2.05) is 11.3 Å². The molecule has 0 amide bonds. The zero-order valence-electron chi connectivity index (χ0n) is 9.74. The molecule has 3 rings (SSSR count). The number of likely N-dealkylation sites (N-methyl/N-ethyl adjacent to an activating group) is 1. The molecule has 0 fully saturated rings. The number of halogens is 1. The van der Waals surface area contributed by atoms with Gasteiger partial charge in [0.1, 0.15) is 0 Å². The first kappa shape index (κ1) is 11.5. The highest BCUT2D eigenvalue weighted by Gasteiger charge is 2.23. The number of rotatable bonds is 1. The van der Waals surface area contributed by atoms with Crippen molar-refractivity contribution in [3.05, 3.63) is 34.2 Å². The lowest BCUT2D eigenvalue weighted by Crippen LogP contribution is -2.26. The number of thiophene rings is 1. The third-order valence-electron chi connectivity index (χ3n) is 3.44. The summed E-state index contributed by atoms with van der Waals surface area (Å²) in [5.41, 5.74) is 8.67. The van der Waals surface area contributed by atoms with Crippen LogP contribution in [0.3, 0.4) is 0 Å². The Labute approximate surface area is 110 Å². The van der Waals surface area contributed by atoms with Gasteiger partial charge in [-0.25, -0.2) is 0 Å². The van der Waals surface area contributed by atoms with Gasteiger partial charge in [-0.2, -0.15) is 0 Å². The molecule has 0 radical (unpaired) electrons. The number of alkyl halides is 1. The molecule has 0 spiro atoms. The molecule has 90 valence electrons. The molecule has 0 bridgehead atoms. The molecule has 2 N–H and O–H groups in total. The van der Waals surface area contributed by atoms with Crippen LogP contribution in [0.2, 0.25) is 0 Å². The van der Waals surface area contributed by atoms with Crippen molar-refractivity contribution >= 4 is 33.0 Å². The fourth-order valence-corrected chi connectivity index (χ4v) is 3.90. The first-order chi connectivity index (χ1) is 8.20. The first-order valence-corrected chi connectivity index (χ1v) is 7.02. The van der Waals surface area contributed by atoms with Crippen LogP contribution in [0.15, 0.2) is 18.2 Å². The Morgan fingerprint density at radius 3 is 3.12 bits per heavy atom. The first-order valence-electron chi connectivity index (χ1n) is 5.77. The summed E-state index contributed by atoms with van der Waals surface area (Å²) in [6.07, 6.45) is 0.906. The minimum Gasteiger partial charge on any atom is -0.326 e. The normalized spacial score (nSPS) is 20.8. The Kier molecular flexibility index (Phi) is 2.87. The van der Waals surface area contributed by atoms with E-state index in [0.717, 1.165) is 13.0 Å². The summed E-state index contributed by atoms with van der Waals surface area (Å²) in [5.74, 6) is 0. The van der Waals surface area contributed by atoms with Crippen molar-refractivity contribution in [1.29, 1.82) is 0 Å². The highest BCUT2D eigenvalue weighted by Crippen LogP contribution is 2.37. The van der Waals surface area contributed by atoms with Crippen LogP contribution in [-0.4, -0.2) is 17.4 Å². The SMILES string of the molecule is CN1Cc2c(CN)sc3cccc(c23)CC1Cl. The van der Waals surface area contributed by atoms with Crippen molar-refractivity contribution in [1.82, 2.24) is 4.90 Å². The summed E-state index contributed by atoms with van der Waals surface area (Å²) in [6, 6.07) is 6.49. The van der Waals surface area contributed by atoms with E-state index in [1.165, 1.54) is 26.1 Å². The van der Waals surface area contributed by atoms with Gasteiger partial charge in [-0.05, 0) is 24.2 Å². The van der Waals surface area contributed by atoms with Crippen molar-refractivity contribution in [3.63, 3.8) is 0 Å². The van der Waals surface area contributed by atoms with Crippen LogP contribution in [-0.2, 0) is 19.5 Å². The van der Waals surface area contributed by atoms with Crippen LogP contribution in [0, 0.1) is 0 Å². The largest absolute Gasteiger partial charge is 0.326 e. The zero-order valence-corrected chi connectivity index (χ0v) is 11.3. The van der Waals surface area contributed by atoms with E-state index >= 15 is 0 Å². The number of nitrogens with two attached hydrogens (primary N) is 1. The quantitative estimate of drug-likeness (QED) is 0.635. The van der Waals surface area contributed by atoms with E-state index in [4.69, 9.17) is 17.3 Å². The van der Waals surface area contributed by atoms with E-state index in [-0.39, 0.29) is 5.50 Å². The van der Waals surface area contributed by atoms with Gasteiger partial charge in [-0.1, -0.05) is 12.1 Å². The second-order valence-electron chi connectivity index (χ2n) is 4.55. The Bertz CT molecular complexity index is 564. The molecule has 17 heavy (non-hydrogen) atoms. The van der Waals surface area contributed by atoms with Crippen LogP contribution in [0.1, 0.15) is 16.0 Å². The molecule has 1 aliphatic rings. The third-order valence-corrected chi connectivity index (χ3v) is 5.15. The predicted octanol–water partition coefficient (Wildman–Crippen LogP) is 2.91. The molecule has 1 aromatic carbocycles. The minimum absolute atomic E-state index is 0.0728. The van der Waals surface area contributed by atoms with E-state index in [0.29, 0.717) is 6.54 Å². The van der Waals surface area contributed by atoms with E-state index in [9.17, 15) is 0 Å². The lowest BCUT2D eigenvalue weighted by Gasteiger charge is -2.20. The Hall–Kier alpha value is -0.610. The molecule has 0 saturated heterocycles. The minimum atomic E-state index is 0.0728. The van der Waals surface area contributed by atoms with Gasteiger partial charge in [0.05, 0.1) is 5.50 Å². The van der Waals surface area contributed by atoms with Crippen LogP contribution in [0.4, 0.5) is 0 Å². The molecule has 1 unspecified atom stereocenters. The van der Waals surface area contributed by atoms with Gasteiger partial charge in [0, 0.05) is 34.5 Å². The fraction of sp³-hybridized carbons (Fsp3) is 0.385. The van der Waals surface area contributed by atoms with Crippen LogP contribution >= 0.6 is 22.9 Å². The summed E-state index contributed by atoms with van der Waals surface area (Å²) >= 11 is 8.22. The molecular weight excluding hydrogens is 252 g/mol. The summed E-state index contributed by atoms with van der Waals surface area (Å²) in [7, 11) is 2.08. The van der Waals surface area contributed by atoms with Crippen molar-refractivity contribution in [2.24, 2.45) is 5.73 Å². The number of hydrogen-bond acceptors (Lipinski definition) is 3. The summed E-state index contributed by atoms with van der Waals surface area (Å²) in [4.78, 5) is 3.49. The van der Waals surface area contributed by atoms with E-state index < -0.39 is 0 Å². The van der Waals surface area contributed by atoms with Crippen LogP contribution < -0.4 is 5.73 Å². The van der Waals surface area contributed by atoms with Gasteiger partial charge in [-0.3, -0.25) is 4.90 Å². The molecule has 0 saturated carbocycles. The maximum absolute atomic E-state index is 6.40. The Morgan fingerprint density at radius 1 is 1.53 bits per heavy atom. The highest BCUT2D eigenvalue weighted by atomic mass is 35.5. The standard InChI is InChI=1S/C13H15ClN2S/c1-16-7-9-11(6-15)17-10-4-2-3-8(13(9)10)5-12(16)14/h2-4,12H,5-7,15H2,1H3. The highest BCUT2D eigenvalue weighted by molar-refractivity contribution is 7.19. The molecule has 2 aromatic rings. The molecule has 1 atom stereocenters.